The third-order valence-corrected chi connectivity index (χ3v) is 5.61. The van der Waals surface area contributed by atoms with Gasteiger partial charge in [0, 0.05) is 25.5 Å². The molecule has 146 valence electrons. The van der Waals surface area contributed by atoms with Crippen LogP contribution >= 0.6 is 0 Å². The Morgan fingerprint density at radius 2 is 2.00 bits per heavy atom. The van der Waals surface area contributed by atoms with Crippen molar-refractivity contribution in [2.24, 2.45) is 7.05 Å². The van der Waals surface area contributed by atoms with Crippen molar-refractivity contribution in [1.29, 1.82) is 0 Å². The Morgan fingerprint density at radius 1 is 1.14 bits per heavy atom. The molecular formula is C22H23N6O+. The van der Waals surface area contributed by atoms with Crippen LogP contribution in [0, 0.1) is 0 Å². The Labute approximate surface area is 169 Å². The minimum Gasteiger partial charge on any atom is -0.497 e. The van der Waals surface area contributed by atoms with E-state index in [9.17, 15) is 0 Å². The van der Waals surface area contributed by atoms with Crippen LogP contribution in [0.3, 0.4) is 0 Å². The van der Waals surface area contributed by atoms with Gasteiger partial charge >= 0.3 is 0 Å². The summed E-state index contributed by atoms with van der Waals surface area (Å²) in [6.45, 7) is 2.53. The zero-order chi connectivity index (χ0) is 19.8. The Bertz CT molecular complexity index is 1150. The fraction of sp³-hybridized carbons (Fsp3) is 0.273. The third kappa shape index (κ3) is 3.18. The van der Waals surface area contributed by atoms with E-state index in [1.807, 2.05) is 24.4 Å². The predicted octanol–water partition coefficient (Wildman–Crippen LogP) is 2.27. The number of aromatic nitrogens is 5. The van der Waals surface area contributed by atoms with E-state index in [2.05, 4.69) is 49.6 Å². The number of benzene rings is 1. The van der Waals surface area contributed by atoms with Gasteiger partial charge in [0.15, 0.2) is 7.05 Å². The molecule has 1 aliphatic rings. The Kier molecular flexibility index (Phi) is 4.35. The first-order valence-corrected chi connectivity index (χ1v) is 9.73. The van der Waals surface area contributed by atoms with E-state index in [1.165, 1.54) is 22.1 Å². The van der Waals surface area contributed by atoms with Gasteiger partial charge in [0.25, 0.3) is 0 Å². The first kappa shape index (κ1) is 17.6. The monoisotopic (exact) mass is 387 g/mol. The molecule has 0 saturated carbocycles. The molecule has 0 bridgehead atoms. The quantitative estimate of drug-likeness (QED) is 0.503. The van der Waals surface area contributed by atoms with Crippen LogP contribution in [0.2, 0.25) is 0 Å². The molecule has 0 spiro atoms. The molecule has 4 heterocycles. The summed E-state index contributed by atoms with van der Waals surface area (Å²) >= 11 is 0. The zero-order valence-electron chi connectivity index (χ0n) is 16.6. The Hall–Kier alpha value is -3.48. The van der Waals surface area contributed by atoms with E-state index < -0.39 is 0 Å². The number of fused-ring (bicyclic) bond motifs is 3. The zero-order valence-corrected chi connectivity index (χ0v) is 16.6. The average molecular weight is 387 g/mol. The topological polar surface area (TPSA) is 60.0 Å². The van der Waals surface area contributed by atoms with Crippen molar-refractivity contribution >= 4 is 16.9 Å². The highest BCUT2D eigenvalue weighted by Gasteiger charge is 2.24. The van der Waals surface area contributed by atoms with Gasteiger partial charge in [0.2, 0.25) is 11.8 Å². The van der Waals surface area contributed by atoms with Crippen LogP contribution in [0.5, 0.6) is 5.75 Å². The summed E-state index contributed by atoms with van der Waals surface area (Å²) in [6, 6.07) is 10.2. The molecule has 4 aromatic rings. The van der Waals surface area contributed by atoms with Crippen LogP contribution in [0.25, 0.3) is 11.0 Å². The van der Waals surface area contributed by atoms with E-state index in [4.69, 9.17) is 9.72 Å². The van der Waals surface area contributed by atoms with Crippen molar-refractivity contribution < 1.29 is 9.42 Å². The van der Waals surface area contributed by atoms with Gasteiger partial charge in [0.05, 0.1) is 12.5 Å². The van der Waals surface area contributed by atoms with E-state index >= 15 is 0 Å². The molecule has 0 saturated heterocycles. The van der Waals surface area contributed by atoms with Crippen molar-refractivity contribution in [3.63, 3.8) is 0 Å². The molecule has 0 aliphatic carbocycles. The maximum absolute atomic E-state index is 5.26. The van der Waals surface area contributed by atoms with Crippen LogP contribution in [0.15, 0.2) is 55.2 Å². The highest BCUT2D eigenvalue weighted by molar-refractivity contribution is 5.79. The van der Waals surface area contributed by atoms with Crippen LogP contribution in [0.1, 0.15) is 16.7 Å². The highest BCUT2D eigenvalue weighted by Crippen LogP contribution is 2.27. The summed E-state index contributed by atoms with van der Waals surface area (Å²) in [6.07, 6.45) is 8.59. The normalized spacial score (nSPS) is 13.5. The Morgan fingerprint density at radius 3 is 2.76 bits per heavy atom. The first-order valence-electron chi connectivity index (χ1n) is 9.73. The third-order valence-electron chi connectivity index (χ3n) is 5.61. The van der Waals surface area contributed by atoms with Gasteiger partial charge in [-0.15, -0.1) is 9.36 Å². The van der Waals surface area contributed by atoms with Gasteiger partial charge < -0.3 is 9.64 Å². The smallest absolute Gasteiger partial charge is 0.205 e. The van der Waals surface area contributed by atoms with Crippen molar-refractivity contribution in [3.8, 4) is 5.75 Å². The molecule has 7 nitrogen and oxygen atoms in total. The minimum atomic E-state index is 0.767. The number of methoxy groups -OCH3 is 1. The molecule has 0 fully saturated rings. The number of anilines is 1. The molecule has 0 amide bonds. The van der Waals surface area contributed by atoms with Gasteiger partial charge in [-0.05, 0) is 41.3 Å². The van der Waals surface area contributed by atoms with Gasteiger partial charge in [-0.2, -0.15) is 0 Å². The lowest BCUT2D eigenvalue weighted by Gasteiger charge is -2.29. The minimum absolute atomic E-state index is 0.767. The largest absolute Gasteiger partial charge is 0.497 e. The fourth-order valence-electron chi connectivity index (χ4n) is 4.06. The first-order chi connectivity index (χ1) is 14.2. The van der Waals surface area contributed by atoms with E-state index in [0.717, 1.165) is 43.3 Å². The predicted molar refractivity (Wildman–Crippen MR) is 110 cm³/mol. The molecule has 7 heteroatoms. The molecular weight excluding hydrogens is 364 g/mol. The summed E-state index contributed by atoms with van der Waals surface area (Å²) in [5.41, 5.74) is 4.90. The van der Waals surface area contributed by atoms with Gasteiger partial charge in [-0.25, -0.2) is 15.0 Å². The van der Waals surface area contributed by atoms with E-state index in [1.54, 1.807) is 19.6 Å². The highest BCUT2D eigenvalue weighted by atomic mass is 16.5. The molecule has 1 aromatic carbocycles. The lowest BCUT2D eigenvalue weighted by Crippen LogP contribution is -2.38. The molecule has 0 radical (unpaired) electrons. The van der Waals surface area contributed by atoms with Crippen molar-refractivity contribution in [3.05, 3.63) is 71.9 Å². The number of pyridine rings is 1. The molecule has 5 rings (SSSR count). The standard InChI is InChI=1S/C22H23N6O/c1-26-14-20-19-8-10-27(21-7-9-23-15-25-21)13-17(19)11-24-22(20)28(26)12-16-3-5-18(29-2)6-4-16/h3-7,9,11,14-15H,8,10,12-13H2,1-2H3/q+1. The average Bonchev–Trinajstić information content (AvgIpc) is 3.10. The lowest BCUT2D eigenvalue weighted by molar-refractivity contribution is -0.750. The van der Waals surface area contributed by atoms with Crippen LogP contribution < -0.4 is 14.3 Å². The van der Waals surface area contributed by atoms with Gasteiger partial charge in [-0.3, -0.25) is 0 Å². The van der Waals surface area contributed by atoms with Crippen molar-refractivity contribution in [1.82, 2.24) is 19.6 Å². The summed E-state index contributed by atoms with van der Waals surface area (Å²) < 4.78 is 9.62. The second-order valence-electron chi connectivity index (χ2n) is 7.35. The number of hydrogen-bond donors (Lipinski definition) is 0. The second-order valence-corrected chi connectivity index (χ2v) is 7.35. The van der Waals surface area contributed by atoms with Crippen LogP contribution in [0.4, 0.5) is 5.82 Å². The summed E-state index contributed by atoms with van der Waals surface area (Å²) in [4.78, 5) is 15.5. The molecule has 0 N–H and O–H groups in total. The van der Waals surface area contributed by atoms with Gasteiger partial charge in [0.1, 0.15) is 24.4 Å². The lowest BCUT2D eigenvalue weighted by atomic mass is 9.99. The molecule has 29 heavy (non-hydrogen) atoms. The molecule has 0 atom stereocenters. The number of aryl methyl sites for hydroxylation is 1. The number of ether oxygens (including phenoxy) is 1. The molecule has 0 unspecified atom stereocenters. The summed E-state index contributed by atoms with van der Waals surface area (Å²) in [5, 5.41) is 1.24. The number of hydrogen-bond acceptors (Lipinski definition) is 5. The SMILES string of the molecule is COc1ccc(Cn2c3ncc4c(c3c[n+]2C)CCN(c2ccncn2)C4)cc1. The van der Waals surface area contributed by atoms with E-state index in [0.29, 0.717) is 0 Å². The van der Waals surface area contributed by atoms with Gasteiger partial charge in [-0.1, -0.05) is 12.1 Å². The Balaban J connectivity index is 1.47. The van der Waals surface area contributed by atoms with Crippen LogP contribution in [-0.2, 0) is 26.6 Å². The summed E-state index contributed by atoms with van der Waals surface area (Å²) in [5.74, 6) is 1.84. The van der Waals surface area contributed by atoms with E-state index in [-0.39, 0.29) is 0 Å². The van der Waals surface area contributed by atoms with Crippen LogP contribution in [-0.4, -0.2) is 33.3 Å². The molecule has 3 aromatic heterocycles. The maximum Gasteiger partial charge on any atom is 0.205 e. The summed E-state index contributed by atoms with van der Waals surface area (Å²) in [7, 11) is 3.76. The fourth-order valence-corrected chi connectivity index (χ4v) is 4.06. The number of rotatable bonds is 4. The molecule has 1 aliphatic heterocycles. The van der Waals surface area contributed by atoms with Crippen molar-refractivity contribution in [2.45, 2.75) is 19.5 Å². The second kappa shape index (κ2) is 7.16. The maximum atomic E-state index is 5.26. The number of nitrogens with zero attached hydrogens (tertiary/aromatic N) is 6. The van der Waals surface area contributed by atoms with Crippen molar-refractivity contribution in [2.75, 3.05) is 18.6 Å².